The lowest BCUT2D eigenvalue weighted by molar-refractivity contribution is 0.118. The van der Waals surface area contributed by atoms with E-state index in [9.17, 15) is 4.39 Å². The lowest BCUT2D eigenvalue weighted by atomic mass is 10.1. The molecule has 1 unspecified atom stereocenters. The first-order valence-electron chi connectivity index (χ1n) is 7.23. The summed E-state index contributed by atoms with van der Waals surface area (Å²) in [7, 11) is 1.69. The Labute approximate surface area is 126 Å². The van der Waals surface area contributed by atoms with Gasteiger partial charge in [-0.15, -0.1) is 0 Å². The van der Waals surface area contributed by atoms with Crippen LogP contribution in [0.5, 0.6) is 0 Å². The molecule has 3 nitrogen and oxygen atoms in total. The van der Waals surface area contributed by atoms with Crippen LogP contribution in [0.1, 0.15) is 31.4 Å². The summed E-state index contributed by atoms with van der Waals surface area (Å²) in [5.74, 6) is 4.78. The van der Waals surface area contributed by atoms with Crippen LogP contribution >= 0.6 is 0 Å². The predicted octanol–water partition coefficient (Wildman–Crippen LogP) is 2.42. The Balaban J connectivity index is 2.87. The minimum Gasteiger partial charge on any atom is -0.384 e. The molecule has 0 spiro atoms. The summed E-state index contributed by atoms with van der Waals surface area (Å²) >= 11 is 0. The molecule has 0 bridgehead atoms. The Bertz CT molecular complexity index is 493. The number of hydrogen-bond donors (Lipinski definition) is 1. The molecule has 0 radical (unpaired) electrons. The normalized spacial score (nSPS) is 12.1. The van der Waals surface area contributed by atoms with Crippen molar-refractivity contribution in [1.82, 2.24) is 4.90 Å². The van der Waals surface area contributed by atoms with E-state index in [4.69, 9.17) is 9.84 Å². The van der Waals surface area contributed by atoms with E-state index in [0.717, 1.165) is 25.1 Å². The quantitative estimate of drug-likeness (QED) is 0.784. The number of nitrogens with zero attached hydrogens (tertiary/aromatic N) is 1. The SMILES string of the molecule is CCC(C)N(CCOC)Cc1ccc(F)c(C#CCO)c1. The van der Waals surface area contributed by atoms with Crippen molar-refractivity contribution >= 4 is 0 Å². The lowest BCUT2D eigenvalue weighted by Gasteiger charge is -2.28. The molecule has 1 N–H and O–H groups in total. The number of halogens is 1. The number of ether oxygens (including phenoxy) is 1. The third-order valence-electron chi connectivity index (χ3n) is 3.52. The molecule has 0 amide bonds. The molecule has 0 aliphatic heterocycles. The summed E-state index contributed by atoms with van der Waals surface area (Å²) in [6.07, 6.45) is 1.04. The maximum absolute atomic E-state index is 13.6. The summed E-state index contributed by atoms with van der Waals surface area (Å²) in [4.78, 5) is 2.31. The zero-order chi connectivity index (χ0) is 15.7. The molecule has 0 fully saturated rings. The highest BCUT2D eigenvalue weighted by Crippen LogP contribution is 2.14. The molecule has 21 heavy (non-hydrogen) atoms. The van der Waals surface area contributed by atoms with Crippen molar-refractivity contribution in [3.05, 3.63) is 35.1 Å². The van der Waals surface area contributed by atoms with Gasteiger partial charge in [0.25, 0.3) is 0 Å². The Morgan fingerprint density at radius 2 is 2.19 bits per heavy atom. The third kappa shape index (κ3) is 5.84. The average molecular weight is 293 g/mol. The van der Waals surface area contributed by atoms with Crippen LogP contribution in [-0.4, -0.2) is 42.9 Å². The summed E-state index contributed by atoms with van der Waals surface area (Å²) in [5.41, 5.74) is 1.34. The number of rotatable bonds is 7. The molecular weight excluding hydrogens is 269 g/mol. The van der Waals surface area contributed by atoms with Crippen molar-refractivity contribution in [1.29, 1.82) is 0 Å². The second kappa shape index (κ2) is 9.51. The van der Waals surface area contributed by atoms with Crippen molar-refractivity contribution in [2.75, 3.05) is 26.9 Å². The molecule has 1 aromatic carbocycles. The standard InChI is InChI=1S/C17H24FNO2/c1-4-14(2)19(9-11-21-3)13-15-7-8-17(18)16(12-15)6-5-10-20/h7-8,12,14,20H,4,9-11,13H2,1-3H3. The fourth-order valence-corrected chi connectivity index (χ4v) is 2.06. The number of benzene rings is 1. The molecule has 0 heterocycles. The number of hydrogen-bond acceptors (Lipinski definition) is 3. The van der Waals surface area contributed by atoms with E-state index in [0.29, 0.717) is 18.2 Å². The van der Waals surface area contributed by atoms with Gasteiger partial charge >= 0.3 is 0 Å². The van der Waals surface area contributed by atoms with Gasteiger partial charge in [-0.05, 0) is 31.0 Å². The van der Waals surface area contributed by atoms with Crippen LogP contribution in [0.2, 0.25) is 0 Å². The molecule has 0 saturated carbocycles. The van der Waals surface area contributed by atoms with Gasteiger partial charge in [-0.3, -0.25) is 4.90 Å². The van der Waals surface area contributed by atoms with Gasteiger partial charge in [-0.25, -0.2) is 4.39 Å². The van der Waals surface area contributed by atoms with Crippen molar-refractivity contribution in [2.45, 2.75) is 32.9 Å². The topological polar surface area (TPSA) is 32.7 Å². The van der Waals surface area contributed by atoms with Crippen LogP contribution in [0, 0.1) is 17.7 Å². The van der Waals surface area contributed by atoms with E-state index in [1.54, 1.807) is 19.2 Å². The fraction of sp³-hybridized carbons (Fsp3) is 0.529. The lowest BCUT2D eigenvalue weighted by Crippen LogP contribution is -2.34. The first-order valence-corrected chi connectivity index (χ1v) is 7.23. The van der Waals surface area contributed by atoms with E-state index in [1.807, 2.05) is 0 Å². The molecule has 1 atom stereocenters. The van der Waals surface area contributed by atoms with Gasteiger partial charge in [0.1, 0.15) is 12.4 Å². The van der Waals surface area contributed by atoms with Crippen LogP contribution in [0.3, 0.4) is 0 Å². The van der Waals surface area contributed by atoms with Gasteiger partial charge in [0.2, 0.25) is 0 Å². The number of aliphatic hydroxyl groups excluding tert-OH is 1. The highest BCUT2D eigenvalue weighted by atomic mass is 19.1. The Hall–Kier alpha value is -1.41. The third-order valence-corrected chi connectivity index (χ3v) is 3.52. The maximum Gasteiger partial charge on any atom is 0.138 e. The Morgan fingerprint density at radius 3 is 2.81 bits per heavy atom. The van der Waals surface area contributed by atoms with Crippen molar-refractivity contribution in [3.63, 3.8) is 0 Å². The van der Waals surface area contributed by atoms with E-state index in [-0.39, 0.29) is 12.4 Å². The smallest absolute Gasteiger partial charge is 0.138 e. The highest BCUT2D eigenvalue weighted by Gasteiger charge is 2.13. The van der Waals surface area contributed by atoms with Crippen LogP contribution in [0.25, 0.3) is 0 Å². The summed E-state index contributed by atoms with van der Waals surface area (Å²) in [5, 5.41) is 8.72. The van der Waals surface area contributed by atoms with E-state index in [2.05, 4.69) is 30.6 Å². The highest BCUT2D eigenvalue weighted by molar-refractivity contribution is 5.38. The first kappa shape index (κ1) is 17.6. The molecule has 0 saturated heterocycles. The second-order valence-corrected chi connectivity index (χ2v) is 4.99. The van der Waals surface area contributed by atoms with Gasteiger partial charge in [0.15, 0.2) is 0 Å². The van der Waals surface area contributed by atoms with Crippen LogP contribution < -0.4 is 0 Å². The van der Waals surface area contributed by atoms with E-state index < -0.39 is 0 Å². The average Bonchev–Trinajstić information content (AvgIpc) is 2.50. The minimum absolute atomic E-state index is 0.267. The van der Waals surface area contributed by atoms with Crippen molar-refractivity contribution < 1.29 is 14.2 Å². The molecular formula is C17H24FNO2. The maximum atomic E-state index is 13.6. The molecule has 1 aromatic rings. The molecule has 116 valence electrons. The van der Waals surface area contributed by atoms with Gasteiger partial charge in [0.05, 0.1) is 12.2 Å². The molecule has 0 aliphatic carbocycles. The second-order valence-electron chi connectivity index (χ2n) is 4.99. The van der Waals surface area contributed by atoms with E-state index in [1.165, 1.54) is 6.07 Å². The summed E-state index contributed by atoms with van der Waals surface area (Å²) < 4.78 is 18.8. The zero-order valence-electron chi connectivity index (χ0n) is 13.0. The zero-order valence-corrected chi connectivity index (χ0v) is 13.0. The molecule has 0 aromatic heterocycles. The largest absolute Gasteiger partial charge is 0.384 e. The van der Waals surface area contributed by atoms with Crippen molar-refractivity contribution in [3.8, 4) is 11.8 Å². The first-order chi connectivity index (χ1) is 10.1. The van der Waals surface area contributed by atoms with Crippen LogP contribution in [0.4, 0.5) is 4.39 Å². The summed E-state index contributed by atoms with van der Waals surface area (Å²) in [6.45, 7) is 6.28. The van der Waals surface area contributed by atoms with Gasteiger partial charge < -0.3 is 9.84 Å². The molecule has 4 heteroatoms. The monoisotopic (exact) mass is 293 g/mol. The molecule has 0 aliphatic rings. The Morgan fingerprint density at radius 1 is 1.43 bits per heavy atom. The van der Waals surface area contributed by atoms with Gasteiger partial charge in [-0.1, -0.05) is 24.8 Å². The predicted molar refractivity (Wildman–Crippen MR) is 82.4 cm³/mol. The Kier molecular flexibility index (Phi) is 7.99. The van der Waals surface area contributed by atoms with Gasteiger partial charge in [0, 0.05) is 26.2 Å². The van der Waals surface area contributed by atoms with E-state index >= 15 is 0 Å². The summed E-state index contributed by atoms with van der Waals surface area (Å²) in [6, 6.07) is 5.39. The van der Waals surface area contributed by atoms with Crippen LogP contribution in [-0.2, 0) is 11.3 Å². The minimum atomic E-state index is -0.355. The van der Waals surface area contributed by atoms with Crippen molar-refractivity contribution in [2.24, 2.45) is 0 Å². The number of methoxy groups -OCH3 is 1. The number of aliphatic hydroxyl groups is 1. The van der Waals surface area contributed by atoms with Crippen LogP contribution in [0.15, 0.2) is 18.2 Å². The van der Waals surface area contributed by atoms with Gasteiger partial charge in [-0.2, -0.15) is 0 Å². The fourth-order valence-electron chi connectivity index (χ4n) is 2.06. The molecule has 1 rings (SSSR count).